The number of hydrogen-bond donors (Lipinski definition) is 2. The van der Waals surface area contributed by atoms with Crippen molar-refractivity contribution in [2.24, 2.45) is 0 Å². The summed E-state index contributed by atoms with van der Waals surface area (Å²) < 4.78 is 12.4. The highest BCUT2D eigenvalue weighted by molar-refractivity contribution is 5.88. The van der Waals surface area contributed by atoms with Crippen molar-refractivity contribution in [1.82, 2.24) is 4.57 Å². The second-order valence-corrected chi connectivity index (χ2v) is 4.07. The van der Waals surface area contributed by atoms with Crippen LogP contribution in [0.3, 0.4) is 0 Å². The summed E-state index contributed by atoms with van der Waals surface area (Å²) in [5.74, 6) is 1.42. The molecule has 2 rings (SSSR count). The SMILES string of the molecule is COc1cc(OC)c2ccn(CC(O)CO)c2c1. The molecule has 5 heteroatoms. The topological polar surface area (TPSA) is 63.9 Å². The highest BCUT2D eigenvalue weighted by Gasteiger charge is 2.11. The molecule has 1 aromatic carbocycles. The Hall–Kier alpha value is -1.72. The molecular weight excluding hydrogens is 234 g/mol. The monoisotopic (exact) mass is 251 g/mol. The molecule has 0 saturated carbocycles. The van der Waals surface area contributed by atoms with Crippen LogP contribution in [0.25, 0.3) is 10.9 Å². The number of aliphatic hydroxyl groups is 2. The van der Waals surface area contributed by atoms with Crippen molar-refractivity contribution < 1.29 is 19.7 Å². The van der Waals surface area contributed by atoms with Crippen molar-refractivity contribution in [3.05, 3.63) is 24.4 Å². The lowest BCUT2D eigenvalue weighted by molar-refractivity contribution is 0.0822. The number of aromatic nitrogens is 1. The molecule has 1 atom stereocenters. The van der Waals surface area contributed by atoms with Crippen LogP contribution in [0.4, 0.5) is 0 Å². The number of rotatable bonds is 5. The van der Waals surface area contributed by atoms with Gasteiger partial charge in [0.15, 0.2) is 0 Å². The minimum absolute atomic E-state index is 0.263. The molecule has 98 valence electrons. The van der Waals surface area contributed by atoms with Crippen LogP contribution in [0.15, 0.2) is 24.4 Å². The highest BCUT2D eigenvalue weighted by atomic mass is 16.5. The third kappa shape index (κ3) is 2.27. The van der Waals surface area contributed by atoms with E-state index in [0.29, 0.717) is 12.3 Å². The molecule has 2 aromatic rings. The zero-order valence-corrected chi connectivity index (χ0v) is 10.5. The largest absolute Gasteiger partial charge is 0.497 e. The van der Waals surface area contributed by atoms with E-state index in [2.05, 4.69) is 0 Å². The van der Waals surface area contributed by atoms with Crippen LogP contribution >= 0.6 is 0 Å². The zero-order chi connectivity index (χ0) is 13.1. The van der Waals surface area contributed by atoms with Gasteiger partial charge in [-0.05, 0) is 6.07 Å². The number of nitrogens with zero attached hydrogens (tertiary/aromatic N) is 1. The Balaban J connectivity index is 2.49. The van der Waals surface area contributed by atoms with Gasteiger partial charge in [-0.25, -0.2) is 0 Å². The van der Waals surface area contributed by atoms with Crippen molar-refractivity contribution in [2.45, 2.75) is 12.6 Å². The van der Waals surface area contributed by atoms with E-state index in [4.69, 9.17) is 14.6 Å². The molecule has 5 nitrogen and oxygen atoms in total. The molecule has 0 saturated heterocycles. The summed E-state index contributed by atoms with van der Waals surface area (Å²) in [6.07, 6.45) is 1.07. The van der Waals surface area contributed by atoms with Crippen LogP contribution in [0.2, 0.25) is 0 Å². The van der Waals surface area contributed by atoms with Crippen molar-refractivity contribution >= 4 is 10.9 Å². The van der Waals surface area contributed by atoms with E-state index in [9.17, 15) is 5.11 Å². The number of methoxy groups -OCH3 is 2. The van der Waals surface area contributed by atoms with Gasteiger partial charge in [-0.15, -0.1) is 0 Å². The Morgan fingerprint density at radius 2 is 2.06 bits per heavy atom. The van der Waals surface area contributed by atoms with Gasteiger partial charge in [0, 0.05) is 23.7 Å². The summed E-state index contributed by atoms with van der Waals surface area (Å²) in [6, 6.07) is 5.61. The molecule has 1 heterocycles. The molecule has 0 spiro atoms. The van der Waals surface area contributed by atoms with Gasteiger partial charge in [0.2, 0.25) is 0 Å². The van der Waals surface area contributed by atoms with E-state index in [1.54, 1.807) is 14.2 Å². The summed E-state index contributed by atoms with van der Waals surface area (Å²) in [5, 5.41) is 19.4. The quantitative estimate of drug-likeness (QED) is 0.832. The van der Waals surface area contributed by atoms with Crippen molar-refractivity contribution in [1.29, 1.82) is 0 Å². The summed E-state index contributed by atoms with van der Waals surface area (Å²) in [4.78, 5) is 0. The first-order chi connectivity index (χ1) is 8.69. The highest BCUT2D eigenvalue weighted by Crippen LogP contribution is 2.31. The lowest BCUT2D eigenvalue weighted by atomic mass is 10.2. The number of ether oxygens (including phenoxy) is 2. The van der Waals surface area contributed by atoms with E-state index in [0.717, 1.165) is 16.7 Å². The smallest absolute Gasteiger partial charge is 0.131 e. The molecule has 0 fully saturated rings. The molecule has 0 bridgehead atoms. The van der Waals surface area contributed by atoms with E-state index in [1.807, 2.05) is 29.0 Å². The number of fused-ring (bicyclic) bond motifs is 1. The fourth-order valence-electron chi connectivity index (χ4n) is 1.97. The fraction of sp³-hybridized carbons (Fsp3) is 0.385. The average molecular weight is 251 g/mol. The van der Waals surface area contributed by atoms with E-state index in [-0.39, 0.29) is 6.61 Å². The van der Waals surface area contributed by atoms with Crippen LogP contribution in [0, 0.1) is 0 Å². The van der Waals surface area contributed by atoms with Gasteiger partial charge >= 0.3 is 0 Å². The Kier molecular flexibility index (Phi) is 3.74. The minimum Gasteiger partial charge on any atom is -0.497 e. The predicted molar refractivity (Wildman–Crippen MR) is 68.1 cm³/mol. The lowest BCUT2D eigenvalue weighted by Gasteiger charge is -2.11. The maximum Gasteiger partial charge on any atom is 0.131 e. The Labute approximate surface area is 105 Å². The fourth-order valence-corrected chi connectivity index (χ4v) is 1.97. The van der Waals surface area contributed by atoms with Crippen molar-refractivity contribution in [3.8, 4) is 11.5 Å². The maximum atomic E-state index is 9.51. The van der Waals surface area contributed by atoms with Crippen LogP contribution < -0.4 is 9.47 Å². The Morgan fingerprint density at radius 1 is 1.28 bits per heavy atom. The molecule has 18 heavy (non-hydrogen) atoms. The van der Waals surface area contributed by atoms with Gasteiger partial charge in [-0.3, -0.25) is 0 Å². The number of benzene rings is 1. The van der Waals surface area contributed by atoms with Crippen LogP contribution in [-0.4, -0.2) is 41.7 Å². The van der Waals surface area contributed by atoms with Gasteiger partial charge < -0.3 is 24.3 Å². The molecular formula is C13H17NO4. The van der Waals surface area contributed by atoms with Gasteiger partial charge in [0.05, 0.1) is 39.0 Å². The predicted octanol–water partition coefficient (Wildman–Crippen LogP) is 1.01. The van der Waals surface area contributed by atoms with Gasteiger partial charge in [-0.2, -0.15) is 0 Å². The molecule has 2 N–H and O–H groups in total. The molecule has 1 aromatic heterocycles. The summed E-state index contributed by atoms with van der Waals surface area (Å²) >= 11 is 0. The summed E-state index contributed by atoms with van der Waals surface area (Å²) in [6.45, 7) is 0.0666. The van der Waals surface area contributed by atoms with Crippen LogP contribution in [0.1, 0.15) is 0 Å². The first kappa shape index (κ1) is 12.7. The third-order valence-corrected chi connectivity index (χ3v) is 2.90. The standard InChI is InChI=1S/C13H17NO4/c1-17-10-5-12-11(13(6-10)18-2)3-4-14(12)7-9(16)8-15/h3-6,9,15-16H,7-8H2,1-2H3. The molecule has 0 radical (unpaired) electrons. The van der Waals surface area contributed by atoms with E-state index < -0.39 is 6.10 Å². The Bertz CT molecular complexity index is 535. The van der Waals surface area contributed by atoms with Gasteiger partial charge in [0.25, 0.3) is 0 Å². The van der Waals surface area contributed by atoms with Gasteiger partial charge in [0.1, 0.15) is 11.5 Å². The van der Waals surface area contributed by atoms with E-state index >= 15 is 0 Å². The lowest BCUT2D eigenvalue weighted by Crippen LogP contribution is -2.19. The van der Waals surface area contributed by atoms with Crippen LogP contribution in [0.5, 0.6) is 11.5 Å². The first-order valence-electron chi connectivity index (χ1n) is 5.69. The number of aliphatic hydroxyl groups excluding tert-OH is 2. The van der Waals surface area contributed by atoms with E-state index in [1.165, 1.54) is 0 Å². The maximum absolute atomic E-state index is 9.51. The second kappa shape index (κ2) is 5.29. The van der Waals surface area contributed by atoms with Crippen molar-refractivity contribution in [3.63, 3.8) is 0 Å². The number of hydrogen-bond acceptors (Lipinski definition) is 4. The summed E-state index contributed by atoms with van der Waals surface area (Å²) in [5.41, 5.74) is 0.902. The normalized spacial score (nSPS) is 12.7. The van der Waals surface area contributed by atoms with Gasteiger partial charge in [-0.1, -0.05) is 0 Å². The molecule has 0 aliphatic carbocycles. The third-order valence-electron chi connectivity index (χ3n) is 2.90. The van der Waals surface area contributed by atoms with Crippen LogP contribution in [-0.2, 0) is 6.54 Å². The zero-order valence-electron chi connectivity index (χ0n) is 10.5. The average Bonchev–Trinajstić information content (AvgIpc) is 2.80. The molecule has 0 aliphatic heterocycles. The first-order valence-corrected chi connectivity index (χ1v) is 5.69. The molecule has 1 unspecified atom stereocenters. The van der Waals surface area contributed by atoms with Crippen molar-refractivity contribution in [2.75, 3.05) is 20.8 Å². The Morgan fingerprint density at radius 3 is 2.67 bits per heavy atom. The summed E-state index contributed by atoms with van der Waals surface area (Å²) in [7, 11) is 3.20. The second-order valence-electron chi connectivity index (χ2n) is 4.07. The minimum atomic E-state index is -0.780. The molecule has 0 aliphatic rings. The molecule has 0 amide bonds.